The zero-order valence-electron chi connectivity index (χ0n) is 14.8. The van der Waals surface area contributed by atoms with Crippen molar-refractivity contribution in [3.8, 4) is 6.07 Å². The number of nitriles is 1. The largest absolute Gasteiger partial charge is 0.457 e. The Kier molecular flexibility index (Phi) is 6.68. The van der Waals surface area contributed by atoms with Gasteiger partial charge in [0.25, 0.3) is 0 Å². The lowest BCUT2D eigenvalue weighted by Crippen LogP contribution is -2.20. The fourth-order valence-electron chi connectivity index (χ4n) is 2.51. The second kappa shape index (κ2) is 9.20. The monoisotopic (exact) mass is 430 g/mol. The summed E-state index contributed by atoms with van der Waals surface area (Å²) in [5, 5.41) is 10.6. The molecule has 1 heterocycles. The van der Waals surface area contributed by atoms with Crippen molar-refractivity contribution in [2.75, 3.05) is 24.3 Å². The summed E-state index contributed by atoms with van der Waals surface area (Å²) in [5.74, 6) is -1.05. The van der Waals surface area contributed by atoms with Gasteiger partial charge in [-0.2, -0.15) is 5.26 Å². The average Bonchev–Trinajstić information content (AvgIpc) is 3.03. The summed E-state index contributed by atoms with van der Waals surface area (Å²) in [6.07, 6.45) is 0. The van der Waals surface area contributed by atoms with Crippen LogP contribution in [-0.4, -0.2) is 31.2 Å². The summed E-state index contributed by atoms with van der Waals surface area (Å²) < 4.78 is 5.05. The van der Waals surface area contributed by atoms with Crippen LogP contribution in [0.5, 0.6) is 0 Å². The SMILES string of the molecule is CN1C(=C(C#N)C(=O)COC(=O)CSc2ccccc2Cl)Sc2ccccc21. The highest BCUT2D eigenvalue weighted by atomic mass is 35.5. The molecule has 2 aromatic rings. The average molecular weight is 431 g/mol. The number of anilines is 1. The molecule has 8 heteroatoms. The fourth-order valence-corrected chi connectivity index (χ4v) is 4.71. The molecule has 3 rings (SSSR count). The van der Waals surface area contributed by atoms with Crippen molar-refractivity contribution in [1.82, 2.24) is 0 Å². The van der Waals surface area contributed by atoms with Crippen molar-refractivity contribution in [2.24, 2.45) is 0 Å². The smallest absolute Gasteiger partial charge is 0.316 e. The first-order chi connectivity index (χ1) is 13.5. The highest BCUT2D eigenvalue weighted by Crippen LogP contribution is 2.46. The summed E-state index contributed by atoms with van der Waals surface area (Å²) in [4.78, 5) is 27.9. The molecule has 0 aromatic heterocycles. The fraction of sp³-hybridized carbons (Fsp3) is 0.150. The van der Waals surface area contributed by atoms with Crippen molar-refractivity contribution >= 4 is 52.6 Å². The number of halogens is 1. The quantitative estimate of drug-likeness (QED) is 0.288. The van der Waals surface area contributed by atoms with Gasteiger partial charge in [-0.25, -0.2) is 0 Å². The van der Waals surface area contributed by atoms with E-state index in [-0.39, 0.29) is 11.3 Å². The molecule has 0 saturated carbocycles. The first-order valence-electron chi connectivity index (χ1n) is 8.22. The molecule has 1 aliphatic rings. The molecule has 0 amide bonds. The van der Waals surface area contributed by atoms with Crippen LogP contribution in [0.25, 0.3) is 0 Å². The van der Waals surface area contributed by atoms with Crippen LogP contribution in [0.1, 0.15) is 0 Å². The molecule has 0 bridgehead atoms. The Balaban J connectivity index is 1.60. The number of para-hydroxylation sites is 1. The number of hydrogen-bond donors (Lipinski definition) is 0. The molecule has 2 aromatic carbocycles. The van der Waals surface area contributed by atoms with E-state index in [0.717, 1.165) is 15.5 Å². The highest BCUT2D eigenvalue weighted by Gasteiger charge is 2.28. The van der Waals surface area contributed by atoms with Crippen molar-refractivity contribution in [3.05, 3.63) is 64.2 Å². The number of nitrogens with zero attached hydrogens (tertiary/aromatic N) is 2. The molecule has 28 heavy (non-hydrogen) atoms. The van der Waals surface area contributed by atoms with E-state index in [4.69, 9.17) is 16.3 Å². The number of hydrogen-bond acceptors (Lipinski definition) is 7. The van der Waals surface area contributed by atoms with Crippen LogP contribution in [0.4, 0.5) is 5.69 Å². The van der Waals surface area contributed by atoms with Crippen LogP contribution in [0.3, 0.4) is 0 Å². The van der Waals surface area contributed by atoms with E-state index in [1.165, 1.54) is 23.5 Å². The molecule has 0 saturated heterocycles. The molecule has 0 atom stereocenters. The number of rotatable bonds is 6. The number of Topliss-reactive ketones (excluding diaryl/α,β-unsaturated/α-hetero) is 1. The molecule has 1 aliphatic heterocycles. The Bertz CT molecular complexity index is 1000. The maximum atomic E-state index is 12.5. The van der Waals surface area contributed by atoms with Gasteiger partial charge in [0.15, 0.2) is 6.61 Å². The van der Waals surface area contributed by atoms with Crippen molar-refractivity contribution in [2.45, 2.75) is 9.79 Å². The van der Waals surface area contributed by atoms with Crippen molar-refractivity contribution in [1.29, 1.82) is 5.26 Å². The van der Waals surface area contributed by atoms with E-state index in [9.17, 15) is 14.9 Å². The van der Waals surface area contributed by atoms with Crippen LogP contribution >= 0.6 is 35.1 Å². The normalized spacial score (nSPS) is 14.2. The molecular weight excluding hydrogens is 416 g/mol. The molecule has 0 radical (unpaired) electrons. The van der Waals surface area contributed by atoms with Crippen molar-refractivity contribution in [3.63, 3.8) is 0 Å². The van der Waals surface area contributed by atoms with E-state index >= 15 is 0 Å². The standard InChI is InChI=1S/C20H15ClN2O3S2/c1-23-15-7-3-5-9-18(15)28-20(23)13(10-22)16(24)11-26-19(25)12-27-17-8-4-2-6-14(17)21/h2-9H,11-12H2,1H3. The second-order valence-electron chi connectivity index (χ2n) is 5.72. The van der Waals surface area contributed by atoms with E-state index in [1.54, 1.807) is 30.1 Å². The van der Waals surface area contributed by atoms with Gasteiger partial charge < -0.3 is 9.64 Å². The number of ketones is 1. The number of carbonyl (C=O) groups excluding carboxylic acids is 2. The number of esters is 1. The van der Waals surface area contributed by atoms with Crippen LogP contribution < -0.4 is 4.90 Å². The molecule has 142 valence electrons. The van der Waals surface area contributed by atoms with Gasteiger partial charge in [-0.15, -0.1) is 11.8 Å². The third kappa shape index (κ3) is 4.53. The maximum Gasteiger partial charge on any atom is 0.316 e. The van der Waals surface area contributed by atoms with Gasteiger partial charge in [-0.3, -0.25) is 9.59 Å². The van der Waals surface area contributed by atoms with Gasteiger partial charge >= 0.3 is 5.97 Å². The zero-order chi connectivity index (χ0) is 20.1. The molecule has 0 aliphatic carbocycles. The Morgan fingerprint density at radius 1 is 1.21 bits per heavy atom. The zero-order valence-corrected chi connectivity index (χ0v) is 17.2. The van der Waals surface area contributed by atoms with Crippen molar-refractivity contribution < 1.29 is 14.3 Å². The van der Waals surface area contributed by atoms with Crippen LogP contribution in [-0.2, 0) is 14.3 Å². The molecule has 0 spiro atoms. The molecular formula is C20H15ClN2O3S2. The Morgan fingerprint density at radius 3 is 2.64 bits per heavy atom. The summed E-state index contributed by atoms with van der Waals surface area (Å²) in [6, 6.07) is 16.7. The van der Waals surface area contributed by atoms with E-state index in [0.29, 0.717) is 10.1 Å². The summed E-state index contributed by atoms with van der Waals surface area (Å²) in [7, 11) is 1.80. The maximum absolute atomic E-state index is 12.5. The third-order valence-electron chi connectivity index (χ3n) is 3.89. The highest BCUT2D eigenvalue weighted by molar-refractivity contribution is 8.03. The lowest BCUT2D eigenvalue weighted by Gasteiger charge is -2.14. The van der Waals surface area contributed by atoms with E-state index in [2.05, 4.69) is 0 Å². The van der Waals surface area contributed by atoms with Crippen LogP contribution in [0.15, 0.2) is 68.9 Å². The first-order valence-corrected chi connectivity index (χ1v) is 10.4. The minimum atomic E-state index is -0.545. The van der Waals surface area contributed by atoms with Crippen LogP contribution in [0.2, 0.25) is 5.02 Å². The molecule has 0 unspecified atom stereocenters. The molecule has 0 fully saturated rings. The number of carbonyl (C=O) groups is 2. The van der Waals surface area contributed by atoms with E-state index in [1.807, 2.05) is 36.4 Å². The Labute approximate surface area is 176 Å². The van der Waals surface area contributed by atoms with Gasteiger partial charge in [0, 0.05) is 16.8 Å². The topological polar surface area (TPSA) is 70.4 Å². The van der Waals surface area contributed by atoms with Gasteiger partial charge in [0.2, 0.25) is 5.78 Å². The number of benzene rings is 2. The molecule has 5 nitrogen and oxygen atoms in total. The summed E-state index contributed by atoms with van der Waals surface area (Å²) >= 11 is 8.63. The lowest BCUT2D eigenvalue weighted by molar-refractivity contribution is -0.144. The minimum absolute atomic E-state index is 0.0183. The van der Waals surface area contributed by atoms with E-state index < -0.39 is 18.4 Å². The van der Waals surface area contributed by atoms with Gasteiger partial charge in [-0.05, 0) is 24.3 Å². The van der Waals surface area contributed by atoms with Gasteiger partial charge in [-0.1, -0.05) is 47.6 Å². The first kappa shape index (κ1) is 20.3. The third-order valence-corrected chi connectivity index (χ3v) is 6.61. The number of ether oxygens (including phenoxy) is 1. The van der Waals surface area contributed by atoms with Gasteiger partial charge in [0.05, 0.1) is 16.5 Å². The summed E-state index contributed by atoms with van der Waals surface area (Å²) in [6.45, 7) is -0.473. The van der Waals surface area contributed by atoms with Gasteiger partial charge in [0.1, 0.15) is 16.7 Å². The minimum Gasteiger partial charge on any atom is -0.457 e. The second-order valence-corrected chi connectivity index (χ2v) is 8.18. The summed E-state index contributed by atoms with van der Waals surface area (Å²) in [5.41, 5.74) is 0.909. The molecule has 0 N–H and O–H groups in total. The lowest BCUT2D eigenvalue weighted by atomic mass is 10.2. The van der Waals surface area contributed by atoms with Crippen LogP contribution in [0, 0.1) is 11.3 Å². The number of fused-ring (bicyclic) bond motifs is 1. The Hall–Kier alpha value is -2.40. The Morgan fingerprint density at radius 2 is 1.93 bits per heavy atom. The predicted octanol–water partition coefficient (Wildman–Crippen LogP) is 4.52. The predicted molar refractivity (Wildman–Crippen MR) is 111 cm³/mol. The number of thioether (sulfide) groups is 2.